The Balaban J connectivity index is 1.72. The molecule has 1 heterocycles. The largest absolute Gasteiger partial charge is 0.469 e. The van der Waals surface area contributed by atoms with Crippen LogP contribution in [0.1, 0.15) is 18.1 Å². The molecule has 1 unspecified atom stereocenters. The number of ether oxygens (including phenoxy) is 2. The molecule has 0 bridgehead atoms. The molecule has 33 heavy (non-hydrogen) atoms. The van der Waals surface area contributed by atoms with Crippen LogP contribution in [0, 0.1) is 11.7 Å². The van der Waals surface area contributed by atoms with Gasteiger partial charge >= 0.3 is 5.97 Å². The van der Waals surface area contributed by atoms with Gasteiger partial charge in [0, 0.05) is 25.4 Å². The minimum atomic E-state index is -0.561. The average molecular weight is 448 g/mol. The molecule has 0 radical (unpaired) electrons. The lowest BCUT2D eigenvalue weighted by molar-refractivity contribution is -0.146. The van der Waals surface area contributed by atoms with Crippen LogP contribution < -0.4 is 4.74 Å². The van der Waals surface area contributed by atoms with Gasteiger partial charge < -0.3 is 14.4 Å². The lowest BCUT2D eigenvalue weighted by atomic mass is 10.1. The zero-order valence-electron chi connectivity index (χ0n) is 18.5. The third kappa shape index (κ3) is 7.00. The minimum Gasteiger partial charge on any atom is -0.469 e. The summed E-state index contributed by atoms with van der Waals surface area (Å²) in [7, 11) is 1.32. The maximum Gasteiger partial charge on any atom is 0.310 e. The van der Waals surface area contributed by atoms with Crippen LogP contribution in [0.3, 0.4) is 0 Å². The summed E-state index contributed by atoms with van der Waals surface area (Å²) in [5.41, 5.74) is 1.43. The summed E-state index contributed by atoms with van der Waals surface area (Å²) in [6.07, 6.45) is 5.98. The molecule has 1 aromatic heterocycles. The Morgan fingerprint density at radius 1 is 1.12 bits per heavy atom. The van der Waals surface area contributed by atoms with E-state index >= 15 is 0 Å². The van der Waals surface area contributed by atoms with Gasteiger partial charge in [0.05, 0.1) is 19.2 Å². The lowest BCUT2D eigenvalue weighted by Gasteiger charge is -2.24. The van der Waals surface area contributed by atoms with Gasteiger partial charge in [0.1, 0.15) is 5.75 Å². The van der Waals surface area contributed by atoms with Crippen LogP contribution in [0.25, 0.3) is 6.08 Å². The SMILES string of the molecule is COC(=O)C(C)CN(Cc1ccccc1)C(=O)/C=C/c1ccc(Oc2cccnc2)c(F)c1. The van der Waals surface area contributed by atoms with Crippen molar-refractivity contribution in [3.05, 3.63) is 96.1 Å². The molecule has 2 aromatic carbocycles. The Morgan fingerprint density at radius 3 is 2.58 bits per heavy atom. The maximum absolute atomic E-state index is 14.5. The van der Waals surface area contributed by atoms with Crippen molar-refractivity contribution >= 4 is 18.0 Å². The number of pyridine rings is 1. The molecule has 6 nitrogen and oxygen atoms in total. The summed E-state index contributed by atoms with van der Waals surface area (Å²) in [6, 6.07) is 17.3. The Hall–Kier alpha value is -4.00. The van der Waals surface area contributed by atoms with Gasteiger partial charge in [-0.05, 0) is 41.5 Å². The fourth-order valence-electron chi connectivity index (χ4n) is 3.15. The summed E-state index contributed by atoms with van der Waals surface area (Å²) in [5, 5.41) is 0. The Morgan fingerprint density at radius 2 is 1.91 bits per heavy atom. The van der Waals surface area contributed by atoms with Crippen molar-refractivity contribution in [1.29, 1.82) is 0 Å². The van der Waals surface area contributed by atoms with E-state index in [1.165, 1.54) is 37.6 Å². The first-order chi connectivity index (χ1) is 16.0. The van der Waals surface area contributed by atoms with Gasteiger partial charge in [0.2, 0.25) is 5.91 Å². The second-order valence-corrected chi connectivity index (χ2v) is 7.44. The van der Waals surface area contributed by atoms with Crippen LogP contribution in [-0.4, -0.2) is 35.4 Å². The number of aromatic nitrogens is 1. The maximum atomic E-state index is 14.5. The third-order valence-electron chi connectivity index (χ3n) is 4.86. The minimum absolute atomic E-state index is 0.0593. The predicted octanol–water partition coefficient (Wildman–Crippen LogP) is 4.86. The zero-order chi connectivity index (χ0) is 23.6. The van der Waals surface area contributed by atoms with Gasteiger partial charge in [0.15, 0.2) is 11.6 Å². The molecule has 0 N–H and O–H groups in total. The number of carbonyl (C=O) groups excluding carboxylic acids is 2. The molecule has 0 aliphatic rings. The van der Waals surface area contributed by atoms with E-state index in [1.807, 2.05) is 30.3 Å². The molecule has 1 atom stereocenters. The highest BCUT2D eigenvalue weighted by atomic mass is 19.1. The Kier molecular flexibility index (Phi) is 8.30. The number of carbonyl (C=O) groups is 2. The Bertz CT molecular complexity index is 1100. The first kappa shape index (κ1) is 23.7. The van der Waals surface area contributed by atoms with E-state index in [0.29, 0.717) is 17.9 Å². The van der Waals surface area contributed by atoms with Crippen LogP contribution in [0.2, 0.25) is 0 Å². The van der Waals surface area contributed by atoms with E-state index in [9.17, 15) is 14.0 Å². The normalized spacial score (nSPS) is 11.7. The molecule has 170 valence electrons. The van der Waals surface area contributed by atoms with Crippen molar-refractivity contribution in [2.45, 2.75) is 13.5 Å². The van der Waals surface area contributed by atoms with Gasteiger partial charge in [-0.1, -0.05) is 43.3 Å². The van der Waals surface area contributed by atoms with Gasteiger partial charge in [-0.2, -0.15) is 0 Å². The average Bonchev–Trinajstić information content (AvgIpc) is 2.84. The van der Waals surface area contributed by atoms with Crippen LogP contribution in [-0.2, 0) is 20.9 Å². The highest BCUT2D eigenvalue weighted by molar-refractivity contribution is 5.92. The molecule has 0 aliphatic carbocycles. The summed E-state index contributed by atoms with van der Waals surface area (Å²) >= 11 is 0. The number of nitrogens with zero attached hydrogens (tertiary/aromatic N) is 2. The zero-order valence-corrected chi connectivity index (χ0v) is 18.5. The number of halogens is 1. The Labute approximate surface area is 192 Å². The quantitative estimate of drug-likeness (QED) is 0.345. The van der Waals surface area contributed by atoms with Gasteiger partial charge in [-0.3, -0.25) is 14.6 Å². The van der Waals surface area contributed by atoms with E-state index < -0.39 is 17.7 Å². The summed E-state index contributed by atoms with van der Waals surface area (Å²) < 4.78 is 24.8. The van der Waals surface area contributed by atoms with E-state index in [4.69, 9.17) is 9.47 Å². The highest BCUT2D eigenvalue weighted by Crippen LogP contribution is 2.25. The van der Waals surface area contributed by atoms with Gasteiger partial charge in [-0.25, -0.2) is 4.39 Å². The molecule has 0 spiro atoms. The fraction of sp³-hybridized carbons (Fsp3) is 0.192. The molecule has 3 aromatic rings. The van der Waals surface area contributed by atoms with Gasteiger partial charge in [-0.15, -0.1) is 0 Å². The fourth-order valence-corrected chi connectivity index (χ4v) is 3.15. The van der Waals surface area contributed by atoms with Crippen molar-refractivity contribution in [3.8, 4) is 11.5 Å². The second kappa shape index (κ2) is 11.6. The molecule has 3 rings (SSSR count). The number of esters is 1. The highest BCUT2D eigenvalue weighted by Gasteiger charge is 2.20. The molecule has 0 aliphatic heterocycles. The van der Waals surface area contributed by atoms with Crippen LogP contribution in [0.5, 0.6) is 11.5 Å². The number of benzene rings is 2. The van der Waals surface area contributed by atoms with Crippen molar-refractivity contribution in [3.63, 3.8) is 0 Å². The van der Waals surface area contributed by atoms with Crippen molar-refractivity contribution in [1.82, 2.24) is 9.88 Å². The summed E-state index contributed by atoms with van der Waals surface area (Å²) in [4.78, 5) is 30.3. The first-order valence-corrected chi connectivity index (χ1v) is 10.4. The number of hydrogen-bond donors (Lipinski definition) is 0. The number of hydrogen-bond acceptors (Lipinski definition) is 5. The number of methoxy groups -OCH3 is 1. The van der Waals surface area contributed by atoms with Crippen LogP contribution >= 0.6 is 0 Å². The van der Waals surface area contributed by atoms with Crippen LogP contribution in [0.15, 0.2) is 79.1 Å². The number of amides is 1. The molecule has 0 saturated heterocycles. The molecule has 0 saturated carbocycles. The topological polar surface area (TPSA) is 68.7 Å². The second-order valence-electron chi connectivity index (χ2n) is 7.44. The molecule has 7 heteroatoms. The number of rotatable bonds is 9. The van der Waals surface area contributed by atoms with Crippen molar-refractivity contribution in [2.75, 3.05) is 13.7 Å². The molecular formula is C26H25FN2O4. The lowest BCUT2D eigenvalue weighted by Crippen LogP contribution is -2.35. The van der Waals surface area contributed by atoms with Crippen molar-refractivity contribution in [2.24, 2.45) is 5.92 Å². The summed E-state index contributed by atoms with van der Waals surface area (Å²) in [5.74, 6) is -1.26. The molecule has 0 fully saturated rings. The van der Waals surface area contributed by atoms with Gasteiger partial charge in [0.25, 0.3) is 0 Å². The predicted molar refractivity (Wildman–Crippen MR) is 123 cm³/mol. The van der Waals surface area contributed by atoms with E-state index in [-0.39, 0.29) is 18.2 Å². The standard InChI is InChI=1S/C26H25FN2O4/c1-19(26(31)32-2)17-29(18-21-7-4-3-5-8-21)25(30)13-11-20-10-12-24(23(27)15-20)33-22-9-6-14-28-16-22/h3-16,19H,17-18H2,1-2H3/b13-11+. The third-order valence-corrected chi connectivity index (χ3v) is 4.86. The monoisotopic (exact) mass is 448 g/mol. The van der Waals surface area contributed by atoms with Crippen LogP contribution in [0.4, 0.5) is 4.39 Å². The molecular weight excluding hydrogens is 423 g/mol. The summed E-state index contributed by atoms with van der Waals surface area (Å²) in [6.45, 7) is 2.23. The van der Waals surface area contributed by atoms with E-state index in [0.717, 1.165) is 5.56 Å². The molecule has 1 amide bonds. The van der Waals surface area contributed by atoms with Crippen molar-refractivity contribution < 1.29 is 23.5 Å². The van der Waals surface area contributed by atoms with E-state index in [2.05, 4.69) is 4.98 Å². The smallest absolute Gasteiger partial charge is 0.310 e. The van der Waals surface area contributed by atoms with E-state index in [1.54, 1.807) is 36.2 Å². The first-order valence-electron chi connectivity index (χ1n) is 10.4.